The van der Waals surface area contributed by atoms with Crippen molar-refractivity contribution >= 4 is 51.6 Å². The number of nitrogens with zero attached hydrogens (tertiary/aromatic N) is 2. The number of para-hydroxylation sites is 1. The molecule has 0 bridgehead atoms. The van der Waals surface area contributed by atoms with Gasteiger partial charge in [-0.1, -0.05) is 102 Å². The van der Waals surface area contributed by atoms with Gasteiger partial charge in [-0.25, -0.2) is 9.97 Å². The molecular weight excluding hydrogens is 490 g/mol. The van der Waals surface area contributed by atoms with E-state index < -0.39 is 0 Å². The summed E-state index contributed by atoms with van der Waals surface area (Å²) >= 11 is 7.39. The third-order valence-electron chi connectivity index (χ3n) is 5.50. The maximum absolute atomic E-state index is 13.0. The number of benzene rings is 4. The van der Waals surface area contributed by atoms with Crippen LogP contribution in [-0.2, 0) is 4.79 Å². The summed E-state index contributed by atoms with van der Waals surface area (Å²) in [5, 5.41) is 4.71. The molecule has 5 nitrogen and oxygen atoms in total. The molecule has 0 unspecified atom stereocenters. The minimum atomic E-state index is -0.276. The van der Waals surface area contributed by atoms with Crippen molar-refractivity contribution in [1.29, 1.82) is 0 Å². The van der Waals surface area contributed by atoms with Gasteiger partial charge in [0.05, 0.1) is 22.7 Å². The van der Waals surface area contributed by atoms with Gasteiger partial charge in [-0.3, -0.25) is 9.59 Å². The van der Waals surface area contributed by atoms with Crippen molar-refractivity contribution in [2.75, 3.05) is 11.1 Å². The highest BCUT2D eigenvalue weighted by molar-refractivity contribution is 7.99. The minimum absolute atomic E-state index is 0.0775. The molecule has 1 aromatic heterocycles. The summed E-state index contributed by atoms with van der Waals surface area (Å²) in [7, 11) is 0. The van der Waals surface area contributed by atoms with E-state index in [9.17, 15) is 9.59 Å². The Balaban J connectivity index is 1.36. The minimum Gasteiger partial charge on any atom is -0.325 e. The molecule has 0 fully saturated rings. The van der Waals surface area contributed by atoms with Crippen LogP contribution in [0.25, 0.3) is 22.2 Å². The number of nitrogens with one attached hydrogen (secondary N) is 1. The van der Waals surface area contributed by atoms with Gasteiger partial charge in [-0.2, -0.15) is 0 Å². The lowest BCUT2D eigenvalue weighted by Gasteiger charge is -2.12. The van der Waals surface area contributed by atoms with E-state index in [4.69, 9.17) is 16.6 Å². The number of amides is 1. The fourth-order valence-corrected chi connectivity index (χ4v) is 4.63. The van der Waals surface area contributed by atoms with E-state index >= 15 is 0 Å². The number of aromatic nitrogens is 2. The van der Waals surface area contributed by atoms with Crippen LogP contribution in [0.5, 0.6) is 0 Å². The molecule has 0 radical (unpaired) electrons. The van der Waals surface area contributed by atoms with Gasteiger partial charge in [0, 0.05) is 27.1 Å². The Morgan fingerprint density at radius 3 is 2.28 bits per heavy atom. The number of halogens is 1. The molecule has 176 valence electrons. The normalized spacial score (nSPS) is 10.8. The summed E-state index contributed by atoms with van der Waals surface area (Å²) in [4.78, 5) is 35.3. The number of fused-ring (bicyclic) bond motifs is 1. The number of rotatable bonds is 7. The largest absolute Gasteiger partial charge is 0.325 e. The van der Waals surface area contributed by atoms with Crippen molar-refractivity contribution in [3.63, 3.8) is 0 Å². The van der Waals surface area contributed by atoms with Crippen LogP contribution in [0.3, 0.4) is 0 Å². The molecular formula is C29H20ClN3O2S. The number of carbonyl (C=O) groups excluding carboxylic acids is 2. The van der Waals surface area contributed by atoms with Crippen molar-refractivity contribution in [3.05, 3.63) is 119 Å². The first kappa shape index (κ1) is 23.7. The molecule has 0 saturated carbocycles. The van der Waals surface area contributed by atoms with Crippen LogP contribution >= 0.6 is 23.4 Å². The molecule has 1 N–H and O–H groups in total. The molecule has 4 aromatic carbocycles. The molecule has 0 aliphatic rings. The van der Waals surface area contributed by atoms with Crippen LogP contribution < -0.4 is 5.32 Å². The predicted molar refractivity (Wildman–Crippen MR) is 146 cm³/mol. The molecule has 1 heterocycles. The first-order valence-corrected chi connectivity index (χ1v) is 12.6. The van der Waals surface area contributed by atoms with E-state index in [1.807, 2.05) is 60.7 Å². The van der Waals surface area contributed by atoms with Crippen LogP contribution in [0, 0.1) is 0 Å². The lowest BCUT2D eigenvalue weighted by molar-refractivity contribution is -0.113. The van der Waals surface area contributed by atoms with Gasteiger partial charge in [0.2, 0.25) is 5.91 Å². The Labute approximate surface area is 217 Å². The summed E-state index contributed by atoms with van der Waals surface area (Å²) in [6.07, 6.45) is 0. The molecule has 0 aliphatic heterocycles. The SMILES string of the molecule is O=C(CSc1nc(-c2ccccc2)c2ccccc2n1)Nc1ccc(Cl)cc1C(=O)c1ccccc1. The van der Waals surface area contributed by atoms with E-state index in [0.717, 1.165) is 22.2 Å². The van der Waals surface area contributed by atoms with Crippen LogP contribution in [-0.4, -0.2) is 27.4 Å². The zero-order valence-corrected chi connectivity index (χ0v) is 20.6. The Bertz CT molecular complexity index is 1560. The Morgan fingerprint density at radius 1 is 0.806 bits per heavy atom. The fraction of sp³-hybridized carbons (Fsp3) is 0.0345. The highest BCUT2D eigenvalue weighted by atomic mass is 35.5. The van der Waals surface area contributed by atoms with Crippen LogP contribution in [0.4, 0.5) is 5.69 Å². The lowest BCUT2D eigenvalue weighted by Crippen LogP contribution is -2.17. The standard InChI is InChI=1S/C29H20ClN3O2S/c30-21-15-16-25(23(17-21)28(35)20-11-5-2-6-12-20)31-26(34)18-36-29-32-24-14-8-7-13-22(24)27(33-29)19-9-3-1-4-10-19/h1-17H,18H2,(H,31,34). The van der Waals surface area contributed by atoms with Gasteiger partial charge in [0.15, 0.2) is 10.9 Å². The second-order valence-corrected chi connectivity index (χ2v) is 9.34. The molecule has 5 aromatic rings. The maximum atomic E-state index is 13.0. The van der Waals surface area contributed by atoms with Gasteiger partial charge >= 0.3 is 0 Å². The molecule has 0 atom stereocenters. The summed E-state index contributed by atoms with van der Waals surface area (Å²) in [5.74, 6) is -0.414. The van der Waals surface area contributed by atoms with E-state index in [-0.39, 0.29) is 17.4 Å². The van der Waals surface area contributed by atoms with Crippen molar-refractivity contribution in [2.45, 2.75) is 5.16 Å². The quantitative estimate of drug-likeness (QED) is 0.146. The molecule has 0 aliphatic carbocycles. The van der Waals surface area contributed by atoms with Crippen molar-refractivity contribution in [3.8, 4) is 11.3 Å². The number of hydrogen-bond acceptors (Lipinski definition) is 5. The van der Waals surface area contributed by atoms with E-state index in [2.05, 4.69) is 10.3 Å². The highest BCUT2D eigenvalue weighted by Crippen LogP contribution is 2.29. The van der Waals surface area contributed by atoms with Crippen molar-refractivity contribution in [1.82, 2.24) is 9.97 Å². The first-order chi connectivity index (χ1) is 17.6. The van der Waals surface area contributed by atoms with Gasteiger partial charge in [-0.05, 0) is 24.3 Å². The number of hydrogen-bond donors (Lipinski definition) is 1. The second-order valence-electron chi connectivity index (χ2n) is 7.96. The zero-order chi connectivity index (χ0) is 24.9. The Morgan fingerprint density at radius 2 is 1.50 bits per heavy atom. The fourth-order valence-electron chi connectivity index (χ4n) is 3.81. The van der Waals surface area contributed by atoms with Gasteiger partial charge < -0.3 is 5.32 Å². The molecule has 0 saturated heterocycles. The van der Waals surface area contributed by atoms with Crippen molar-refractivity contribution < 1.29 is 9.59 Å². The lowest BCUT2D eigenvalue weighted by atomic mass is 10.0. The van der Waals surface area contributed by atoms with Gasteiger partial charge in [0.1, 0.15) is 0 Å². The average molecular weight is 510 g/mol. The molecule has 5 rings (SSSR count). The third kappa shape index (κ3) is 5.30. The van der Waals surface area contributed by atoms with E-state index in [0.29, 0.717) is 27.0 Å². The summed E-state index contributed by atoms with van der Waals surface area (Å²) < 4.78 is 0. The second kappa shape index (κ2) is 10.7. The maximum Gasteiger partial charge on any atom is 0.234 e. The summed E-state index contributed by atoms with van der Waals surface area (Å²) in [6.45, 7) is 0. The zero-order valence-electron chi connectivity index (χ0n) is 19.0. The highest BCUT2D eigenvalue weighted by Gasteiger charge is 2.17. The van der Waals surface area contributed by atoms with E-state index in [1.54, 1.807) is 42.5 Å². The molecule has 36 heavy (non-hydrogen) atoms. The summed E-state index contributed by atoms with van der Waals surface area (Å²) in [6, 6.07) is 31.4. The Kier molecular flexibility index (Phi) is 7.07. The van der Waals surface area contributed by atoms with Gasteiger partial charge in [-0.15, -0.1) is 0 Å². The van der Waals surface area contributed by atoms with Crippen LogP contribution in [0.1, 0.15) is 15.9 Å². The summed E-state index contributed by atoms with van der Waals surface area (Å²) in [5.41, 5.74) is 3.86. The van der Waals surface area contributed by atoms with Crippen molar-refractivity contribution in [2.24, 2.45) is 0 Å². The van der Waals surface area contributed by atoms with Crippen LogP contribution in [0.2, 0.25) is 5.02 Å². The monoisotopic (exact) mass is 509 g/mol. The van der Waals surface area contributed by atoms with Gasteiger partial charge in [0.25, 0.3) is 0 Å². The number of carbonyl (C=O) groups is 2. The smallest absolute Gasteiger partial charge is 0.234 e. The number of ketones is 1. The molecule has 1 amide bonds. The first-order valence-electron chi connectivity index (χ1n) is 11.2. The number of thioether (sulfide) groups is 1. The molecule has 7 heteroatoms. The topological polar surface area (TPSA) is 72.0 Å². The third-order valence-corrected chi connectivity index (χ3v) is 6.58. The average Bonchev–Trinajstić information content (AvgIpc) is 2.93. The number of anilines is 1. The molecule has 0 spiro atoms. The predicted octanol–water partition coefficient (Wildman–Crippen LogP) is 6.91. The van der Waals surface area contributed by atoms with Crippen LogP contribution in [0.15, 0.2) is 108 Å². The Hall–Kier alpha value is -4.00. The van der Waals surface area contributed by atoms with E-state index in [1.165, 1.54) is 11.8 Å².